The van der Waals surface area contributed by atoms with E-state index in [2.05, 4.69) is 4.74 Å². The summed E-state index contributed by atoms with van der Waals surface area (Å²) < 4.78 is 15.2. The summed E-state index contributed by atoms with van der Waals surface area (Å²) in [7, 11) is 1.27. The molecule has 2 aromatic rings. The zero-order valence-electron chi connectivity index (χ0n) is 12.4. The summed E-state index contributed by atoms with van der Waals surface area (Å²) in [5.74, 6) is -0.281. The Kier molecular flexibility index (Phi) is 5.14. The Morgan fingerprint density at radius 1 is 0.955 bits per heavy atom. The number of esters is 2. The van der Waals surface area contributed by atoms with Gasteiger partial charge in [0, 0.05) is 0 Å². The van der Waals surface area contributed by atoms with Crippen LogP contribution in [0.3, 0.4) is 0 Å². The van der Waals surface area contributed by atoms with E-state index < -0.39 is 11.9 Å². The first-order chi connectivity index (χ1) is 10.7. The highest BCUT2D eigenvalue weighted by Crippen LogP contribution is 2.21. The molecule has 0 saturated carbocycles. The minimum absolute atomic E-state index is 0.160. The third-order valence-corrected chi connectivity index (χ3v) is 2.90. The molecule has 0 heterocycles. The lowest BCUT2D eigenvalue weighted by atomic mass is 10.2. The van der Waals surface area contributed by atoms with Crippen LogP contribution < -0.4 is 9.47 Å². The van der Waals surface area contributed by atoms with E-state index in [1.807, 2.05) is 6.92 Å². The van der Waals surface area contributed by atoms with Crippen molar-refractivity contribution >= 4 is 11.9 Å². The Labute approximate surface area is 128 Å². The van der Waals surface area contributed by atoms with Crippen LogP contribution >= 0.6 is 0 Å². The molecule has 2 rings (SSSR count). The molecule has 0 saturated heterocycles. The van der Waals surface area contributed by atoms with Gasteiger partial charge < -0.3 is 14.2 Å². The van der Waals surface area contributed by atoms with Gasteiger partial charge in [0.1, 0.15) is 17.1 Å². The van der Waals surface area contributed by atoms with E-state index in [9.17, 15) is 9.59 Å². The van der Waals surface area contributed by atoms with E-state index in [-0.39, 0.29) is 11.3 Å². The molecule has 0 aliphatic carbocycles. The van der Waals surface area contributed by atoms with Crippen molar-refractivity contribution in [3.05, 3.63) is 59.7 Å². The van der Waals surface area contributed by atoms with Gasteiger partial charge in [-0.2, -0.15) is 0 Å². The van der Waals surface area contributed by atoms with E-state index >= 15 is 0 Å². The number of carbonyl (C=O) groups excluding carboxylic acids is 2. The molecule has 0 aliphatic heterocycles. The van der Waals surface area contributed by atoms with Crippen molar-refractivity contribution in [2.24, 2.45) is 0 Å². The molecular formula is C17H16O5. The molecule has 5 heteroatoms. The second kappa shape index (κ2) is 7.26. The number of benzene rings is 2. The number of hydrogen-bond donors (Lipinski definition) is 0. The number of methoxy groups -OCH3 is 1. The zero-order valence-corrected chi connectivity index (χ0v) is 12.4. The zero-order chi connectivity index (χ0) is 15.9. The van der Waals surface area contributed by atoms with Gasteiger partial charge in [-0.3, -0.25) is 0 Å². The van der Waals surface area contributed by atoms with Gasteiger partial charge in [-0.1, -0.05) is 12.1 Å². The molecule has 0 N–H and O–H groups in total. The highest BCUT2D eigenvalue weighted by atomic mass is 16.5. The van der Waals surface area contributed by atoms with Gasteiger partial charge in [0.15, 0.2) is 0 Å². The average Bonchev–Trinajstić information content (AvgIpc) is 2.55. The molecule has 22 heavy (non-hydrogen) atoms. The lowest BCUT2D eigenvalue weighted by molar-refractivity contribution is 0.0593. The monoisotopic (exact) mass is 300 g/mol. The first-order valence-electron chi connectivity index (χ1n) is 6.78. The SMILES string of the molecule is CCOc1ccc(C(=O)Oc2ccccc2C(=O)OC)cc1. The van der Waals surface area contributed by atoms with Crippen LogP contribution in [0.2, 0.25) is 0 Å². The summed E-state index contributed by atoms with van der Waals surface area (Å²) in [5.41, 5.74) is 0.562. The fourth-order valence-electron chi connectivity index (χ4n) is 1.85. The van der Waals surface area contributed by atoms with Gasteiger partial charge in [-0.25, -0.2) is 9.59 Å². The van der Waals surface area contributed by atoms with E-state index in [0.29, 0.717) is 17.9 Å². The topological polar surface area (TPSA) is 61.8 Å². The summed E-state index contributed by atoms with van der Waals surface area (Å²) in [6, 6.07) is 13.0. The molecule has 0 radical (unpaired) electrons. The molecule has 0 amide bonds. The van der Waals surface area contributed by atoms with Crippen LogP contribution in [0, 0.1) is 0 Å². The largest absolute Gasteiger partial charge is 0.494 e. The molecule has 2 aromatic carbocycles. The van der Waals surface area contributed by atoms with Crippen molar-refractivity contribution < 1.29 is 23.8 Å². The predicted octanol–water partition coefficient (Wildman–Crippen LogP) is 3.09. The van der Waals surface area contributed by atoms with Crippen LogP contribution in [0.15, 0.2) is 48.5 Å². The average molecular weight is 300 g/mol. The Bertz CT molecular complexity index is 661. The Balaban J connectivity index is 2.17. The van der Waals surface area contributed by atoms with Crippen LogP contribution in [0.25, 0.3) is 0 Å². The van der Waals surface area contributed by atoms with Gasteiger partial charge in [-0.05, 0) is 43.3 Å². The first kappa shape index (κ1) is 15.6. The maximum Gasteiger partial charge on any atom is 0.343 e. The minimum Gasteiger partial charge on any atom is -0.494 e. The Hall–Kier alpha value is -2.82. The third-order valence-electron chi connectivity index (χ3n) is 2.90. The standard InChI is InChI=1S/C17H16O5/c1-3-21-13-10-8-12(9-11-13)16(18)22-15-7-5-4-6-14(15)17(19)20-2/h4-11H,3H2,1-2H3. The molecule has 5 nitrogen and oxygen atoms in total. The van der Waals surface area contributed by atoms with Crippen molar-refractivity contribution in [3.8, 4) is 11.5 Å². The summed E-state index contributed by atoms with van der Waals surface area (Å²) in [6.07, 6.45) is 0. The van der Waals surface area contributed by atoms with Crippen LogP contribution in [0.4, 0.5) is 0 Å². The second-order valence-corrected chi connectivity index (χ2v) is 4.33. The number of ether oxygens (including phenoxy) is 3. The second-order valence-electron chi connectivity index (χ2n) is 4.33. The third kappa shape index (κ3) is 3.63. The van der Waals surface area contributed by atoms with Crippen LogP contribution in [-0.2, 0) is 4.74 Å². The van der Waals surface area contributed by atoms with Crippen molar-refractivity contribution in [2.75, 3.05) is 13.7 Å². The molecule has 0 bridgehead atoms. The number of rotatable bonds is 5. The fourth-order valence-corrected chi connectivity index (χ4v) is 1.85. The lowest BCUT2D eigenvalue weighted by Gasteiger charge is -2.09. The molecule has 114 valence electrons. The van der Waals surface area contributed by atoms with Crippen LogP contribution in [0.5, 0.6) is 11.5 Å². The maximum atomic E-state index is 12.1. The number of para-hydroxylation sites is 1. The quantitative estimate of drug-likeness (QED) is 0.627. The van der Waals surface area contributed by atoms with Crippen LogP contribution in [-0.4, -0.2) is 25.7 Å². The molecule has 0 unspecified atom stereocenters. The summed E-state index contributed by atoms with van der Waals surface area (Å²) in [6.45, 7) is 2.43. The molecule has 0 fully saturated rings. The van der Waals surface area contributed by atoms with E-state index in [1.54, 1.807) is 42.5 Å². The maximum absolute atomic E-state index is 12.1. The van der Waals surface area contributed by atoms with E-state index in [4.69, 9.17) is 9.47 Å². The highest BCUT2D eigenvalue weighted by Gasteiger charge is 2.16. The Morgan fingerprint density at radius 3 is 2.27 bits per heavy atom. The number of carbonyl (C=O) groups is 2. The Morgan fingerprint density at radius 2 is 1.64 bits per heavy atom. The summed E-state index contributed by atoms with van der Waals surface area (Å²) in [5, 5.41) is 0. The molecular weight excluding hydrogens is 284 g/mol. The molecule has 0 atom stereocenters. The minimum atomic E-state index is -0.560. The fraction of sp³-hybridized carbons (Fsp3) is 0.176. The normalized spacial score (nSPS) is 9.91. The van der Waals surface area contributed by atoms with Gasteiger partial charge >= 0.3 is 11.9 Å². The van der Waals surface area contributed by atoms with E-state index in [0.717, 1.165) is 0 Å². The van der Waals surface area contributed by atoms with Gasteiger partial charge in [0.2, 0.25) is 0 Å². The smallest absolute Gasteiger partial charge is 0.343 e. The van der Waals surface area contributed by atoms with Gasteiger partial charge in [-0.15, -0.1) is 0 Å². The van der Waals surface area contributed by atoms with Crippen molar-refractivity contribution in [3.63, 3.8) is 0 Å². The van der Waals surface area contributed by atoms with Gasteiger partial charge in [0.05, 0.1) is 19.3 Å². The molecule has 0 aliphatic rings. The number of hydrogen-bond acceptors (Lipinski definition) is 5. The first-order valence-corrected chi connectivity index (χ1v) is 6.78. The van der Waals surface area contributed by atoms with Gasteiger partial charge in [0.25, 0.3) is 0 Å². The molecule has 0 aromatic heterocycles. The summed E-state index contributed by atoms with van der Waals surface area (Å²) >= 11 is 0. The summed E-state index contributed by atoms with van der Waals surface area (Å²) in [4.78, 5) is 23.8. The van der Waals surface area contributed by atoms with Crippen molar-refractivity contribution in [1.82, 2.24) is 0 Å². The van der Waals surface area contributed by atoms with Crippen LogP contribution in [0.1, 0.15) is 27.6 Å². The predicted molar refractivity (Wildman–Crippen MR) is 80.4 cm³/mol. The van der Waals surface area contributed by atoms with Crippen molar-refractivity contribution in [2.45, 2.75) is 6.92 Å². The highest BCUT2D eigenvalue weighted by molar-refractivity contribution is 5.96. The van der Waals surface area contributed by atoms with E-state index in [1.165, 1.54) is 13.2 Å². The molecule has 0 spiro atoms. The lowest BCUT2D eigenvalue weighted by Crippen LogP contribution is -2.12. The van der Waals surface area contributed by atoms with Crippen molar-refractivity contribution in [1.29, 1.82) is 0 Å².